The van der Waals surface area contributed by atoms with Crippen LogP contribution in [-0.2, 0) is 6.54 Å². The van der Waals surface area contributed by atoms with Crippen molar-refractivity contribution in [3.63, 3.8) is 0 Å². The van der Waals surface area contributed by atoms with E-state index in [0.29, 0.717) is 18.7 Å². The Balaban J connectivity index is 1.60. The summed E-state index contributed by atoms with van der Waals surface area (Å²) in [5.74, 6) is 0.974. The summed E-state index contributed by atoms with van der Waals surface area (Å²) >= 11 is 0. The molecule has 1 fully saturated rings. The topological polar surface area (TPSA) is 70.7 Å². The van der Waals surface area contributed by atoms with Crippen LogP contribution >= 0.6 is 0 Å². The van der Waals surface area contributed by atoms with E-state index in [1.165, 1.54) is 0 Å². The number of rotatable bonds is 6. The highest BCUT2D eigenvalue weighted by molar-refractivity contribution is 5.94. The number of benzene rings is 2. The predicted molar refractivity (Wildman–Crippen MR) is 118 cm³/mol. The molecule has 1 aliphatic rings. The van der Waals surface area contributed by atoms with Crippen molar-refractivity contribution in [3.8, 4) is 5.75 Å². The summed E-state index contributed by atoms with van der Waals surface area (Å²) in [6.45, 7) is 5.89. The molecule has 1 saturated heterocycles. The molecule has 2 aromatic rings. The Kier molecular flexibility index (Phi) is 7.33. The van der Waals surface area contributed by atoms with Gasteiger partial charge in [-0.2, -0.15) is 0 Å². The monoisotopic (exact) mass is 409 g/mol. The standard InChI is InChI=1S/C24H31N3O3/c1-17(2)30-22-11-9-18(10-12-22)15-26-23(28)20-7-4-6-19(14-20)21-8-5-13-27(16-21)24(29)25-3/h4,6-7,9-12,14,17,21H,5,8,13,15-16H2,1-3H3,(H,25,29)(H,26,28)/t21-/m0/s1. The second kappa shape index (κ2) is 10.1. The van der Waals surface area contributed by atoms with Crippen molar-refractivity contribution in [2.75, 3.05) is 20.1 Å². The van der Waals surface area contributed by atoms with E-state index in [2.05, 4.69) is 10.6 Å². The Morgan fingerprint density at radius 1 is 1.17 bits per heavy atom. The Labute approximate surface area is 178 Å². The number of urea groups is 1. The molecule has 30 heavy (non-hydrogen) atoms. The number of nitrogens with zero attached hydrogens (tertiary/aromatic N) is 1. The van der Waals surface area contributed by atoms with Gasteiger partial charge in [0.2, 0.25) is 0 Å². The molecule has 0 unspecified atom stereocenters. The first kappa shape index (κ1) is 21.7. The lowest BCUT2D eigenvalue weighted by Crippen LogP contribution is -2.43. The van der Waals surface area contributed by atoms with E-state index in [9.17, 15) is 9.59 Å². The van der Waals surface area contributed by atoms with Crippen molar-refractivity contribution in [2.24, 2.45) is 0 Å². The Bertz CT molecular complexity index is 864. The van der Waals surface area contributed by atoms with E-state index in [-0.39, 0.29) is 24.0 Å². The minimum Gasteiger partial charge on any atom is -0.491 e. The molecule has 6 heteroatoms. The fraction of sp³-hybridized carbons (Fsp3) is 0.417. The molecular weight excluding hydrogens is 378 g/mol. The fourth-order valence-corrected chi connectivity index (χ4v) is 3.77. The first-order chi connectivity index (χ1) is 14.5. The van der Waals surface area contributed by atoms with Gasteiger partial charge >= 0.3 is 6.03 Å². The number of carbonyl (C=O) groups is 2. The number of amides is 3. The van der Waals surface area contributed by atoms with Gasteiger partial charge in [0.05, 0.1) is 6.10 Å². The van der Waals surface area contributed by atoms with E-state index < -0.39 is 0 Å². The minimum atomic E-state index is -0.0988. The summed E-state index contributed by atoms with van der Waals surface area (Å²) < 4.78 is 5.65. The van der Waals surface area contributed by atoms with Crippen LogP contribution in [0.2, 0.25) is 0 Å². The van der Waals surface area contributed by atoms with Gasteiger partial charge in [-0.3, -0.25) is 4.79 Å². The highest BCUT2D eigenvalue weighted by Gasteiger charge is 2.24. The lowest BCUT2D eigenvalue weighted by molar-refractivity contribution is 0.0950. The molecule has 0 bridgehead atoms. The zero-order valence-corrected chi connectivity index (χ0v) is 18.0. The van der Waals surface area contributed by atoms with Crippen molar-refractivity contribution in [1.29, 1.82) is 0 Å². The molecule has 0 aromatic heterocycles. The summed E-state index contributed by atoms with van der Waals surface area (Å²) in [6, 6.07) is 15.5. The van der Waals surface area contributed by atoms with Gasteiger partial charge in [-0.1, -0.05) is 24.3 Å². The SMILES string of the molecule is CNC(=O)N1CCC[C@H](c2cccc(C(=O)NCc3ccc(OC(C)C)cc3)c2)C1. The number of carbonyl (C=O) groups excluding carboxylic acids is 2. The quantitative estimate of drug-likeness (QED) is 0.760. The van der Waals surface area contributed by atoms with Crippen LogP contribution in [-0.4, -0.2) is 43.1 Å². The van der Waals surface area contributed by atoms with Gasteiger partial charge in [0.1, 0.15) is 5.75 Å². The molecule has 3 rings (SSSR count). The summed E-state index contributed by atoms with van der Waals surface area (Å²) in [5, 5.41) is 5.68. The number of hydrogen-bond acceptors (Lipinski definition) is 3. The lowest BCUT2D eigenvalue weighted by Gasteiger charge is -2.32. The van der Waals surface area contributed by atoms with Gasteiger partial charge in [0, 0.05) is 38.2 Å². The Morgan fingerprint density at radius 2 is 1.93 bits per heavy atom. The highest BCUT2D eigenvalue weighted by atomic mass is 16.5. The second-order valence-electron chi connectivity index (χ2n) is 7.96. The number of piperidine rings is 1. The summed E-state index contributed by atoms with van der Waals surface area (Å²) in [5.41, 5.74) is 2.76. The van der Waals surface area contributed by atoms with Gasteiger partial charge in [-0.15, -0.1) is 0 Å². The van der Waals surface area contributed by atoms with Crippen LogP contribution in [0.3, 0.4) is 0 Å². The van der Waals surface area contributed by atoms with Gasteiger partial charge in [-0.25, -0.2) is 4.79 Å². The van der Waals surface area contributed by atoms with Crippen LogP contribution in [0, 0.1) is 0 Å². The summed E-state index contributed by atoms with van der Waals surface area (Å²) in [6.07, 6.45) is 2.12. The lowest BCUT2D eigenvalue weighted by atomic mass is 9.89. The molecule has 160 valence electrons. The van der Waals surface area contributed by atoms with Gasteiger partial charge in [0.25, 0.3) is 5.91 Å². The molecule has 1 heterocycles. The number of nitrogens with one attached hydrogen (secondary N) is 2. The average molecular weight is 410 g/mol. The first-order valence-corrected chi connectivity index (χ1v) is 10.6. The summed E-state index contributed by atoms with van der Waals surface area (Å²) in [7, 11) is 1.65. The molecule has 6 nitrogen and oxygen atoms in total. The van der Waals surface area contributed by atoms with Gasteiger partial charge in [0.15, 0.2) is 0 Å². The van der Waals surface area contributed by atoms with Gasteiger partial charge in [-0.05, 0) is 62.1 Å². The Morgan fingerprint density at radius 3 is 2.63 bits per heavy atom. The smallest absolute Gasteiger partial charge is 0.317 e. The van der Waals surface area contributed by atoms with Crippen LogP contribution in [0.1, 0.15) is 54.1 Å². The zero-order valence-electron chi connectivity index (χ0n) is 18.0. The number of ether oxygens (including phenoxy) is 1. The number of hydrogen-bond donors (Lipinski definition) is 2. The zero-order chi connectivity index (χ0) is 21.5. The van der Waals surface area contributed by atoms with Crippen LogP contribution in [0.25, 0.3) is 0 Å². The molecule has 2 N–H and O–H groups in total. The largest absolute Gasteiger partial charge is 0.491 e. The van der Waals surface area contributed by atoms with Crippen LogP contribution in [0.5, 0.6) is 5.75 Å². The van der Waals surface area contributed by atoms with Crippen LogP contribution in [0.4, 0.5) is 4.79 Å². The van der Waals surface area contributed by atoms with Crippen molar-refractivity contribution in [2.45, 2.75) is 45.3 Å². The normalized spacial score (nSPS) is 16.3. The first-order valence-electron chi connectivity index (χ1n) is 10.6. The third-order valence-electron chi connectivity index (χ3n) is 5.29. The van der Waals surface area contributed by atoms with E-state index in [4.69, 9.17) is 4.74 Å². The third kappa shape index (κ3) is 5.75. The van der Waals surface area contributed by atoms with E-state index >= 15 is 0 Å². The van der Waals surface area contributed by atoms with E-state index in [1.54, 1.807) is 7.05 Å². The molecule has 0 aliphatic carbocycles. The van der Waals surface area contributed by atoms with Crippen molar-refractivity contribution in [1.82, 2.24) is 15.5 Å². The molecule has 0 radical (unpaired) electrons. The molecule has 2 aromatic carbocycles. The molecular formula is C24H31N3O3. The maximum Gasteiger partial charge on any atom is 0.317 e. The predicted octanol–water partition coefficient (Wildman–Crippen LogP) is 3.92. The van der Waals surface area contributed by atoms with Gasteiger partial charge < -0.3 is 20.3 Å². The fourth-order valence-electron chi connectivity index (χ4n) is 3.77. The third-order valence-corrected chi connectivity index (χ3v) is 5.29. The molecule has 3 amide bonds. The van der Waals surface area contributed by atoms with E-state index in [1.807, 2.05) is 67.3 Å². The Hall–Kier alpha value is -3.02. The van der Waals surface area contributed by atoms with Crippen LogP contribution < -0.4 is 15.4 Å². The highest BCUT2D eigenvalue weighted by Crippen LogP contribution is 2.27. The molecule has 0 saturated carbocycles. The second-order valence-corrected chi connectivity index (χ2v) is 7.96. The summed E-state index contributed by atoms with van der Waals surface area (Å²) in [4.78, 5) is 26.5. The van der Waals surface area contributed by atoms with Crippen molar-refractivity contribution in [3.05, 3.63) is 65.2 Å². The molecule has 1 atom stereocenters. The molecule has 0 spiro atoms. The maximum absolute atomic E-state index is 12.7. The van der Waals surface area contributed by atoms with Crippen LogP contribution in [0.15, 0.2) is 48.5 Å². The molecule has 1 aliphatic heterocycles. The van der Waals surface area contributed by atoms with Crippen molar-refractivity contribution >= 4 is 11.9 Å². The van der Waals surface area contributed by atoms with E-state index in [0.717, 1.165) is 36.3 Å². The average Bonchev–Trinajstić information content (AvgIpc) is 2.77. The number of likely N-dealkylation sites (tertiary alicyclic amines) is 1. The maximum atomic E-state index is 12.7. The minimum absolute atomic E-state index is 0.0431. The van der Waals surface area contributed by atoms with Crippen molar-refractivity contribution < 1.29 is 14.3 Å².